The van der Waals surface area contributed by atoms with Crippen LogP contribution in [0, 0.1) is 5.92 Å². The second-order valence-corrected chi connectivity index (χ2v) is 4.75. The van der Waals surface area contributed by atoms with E-state index >= 15 is 0 Å². The zero-order chi connectivity index (χ0) is 12.4. The zero-order valence-electron chi connectivity index (χ0n) is 11.0. The van der Waals surface area contributed by atoms with Crippen molar-refractivity contribution >= 4 is 5.91 Å². The zero-order valence-corrected chi connectivity index (χ0v) is 11.0. The summed E-state index contributed by atoms with van der Waals surface area (Å²) in [5.74, 6) is 0.804. The molecule has 0 aliphatic rings. The first-order valence-corrected chi connectivity index (χ1v) is 6.17. The standard InChI is InChI=1S/C12H27N3O/c1-11(10-15(2)3)6-4-5-9-14-12(16)7-8-13/h11H,4-10,13H2,1-3H3,(H,14,16). The van der Waals surface area contributed by atoms with Gasteiger partial charge in [-0.25, -0.2) is 0 Å². The van der Waals surface area contributed by atoms with E-state index in [1.807, 2.05) is 0 Å². The van der Waals surface area contributed by atoms with Crippen LogP contribution in [0.2, 0.25) is 0 Å². The van der Waals surface area contributed by atoms with Crippen LogP contribution in [0.4, 0.5) is 0 Å². The highest BCUT2D eigenvalue weighted by Gasteiger charge is 2.03. The van der Waals surface area contributed by atoms with Crippen molar-refractivity contribution in [3.05, 3.63) is 0 Å². The summed E-state index contributed by atoms with van der Waals surface area (Å²) >= 11 is 0. The smallest absolute Gasteiger partial charge is 0.221 e. The minimum Gasteiger partial charge on any atom is -0.356 e. The Morgan fingerprint density at radius 3 is 2.62 bits per heavy atom. The number of amides is 1. The summed E-state index contributed by atoms with van der Waals surface area (Å²) < 4.78 is 0. The molecule has 0 aromatic heterocycles. The maximum atomic E-state index is 11.1. The van der Waals surface area contributed by atoms with Crippen LogP contribution in [0.25, 0.3) is 0 Å². The molecule has 0 radical (unpaired) electrons. The van der Waals surface area contributed by atoms with Gasteiger partial charge < -0.3 is 16.0 Å². The van der Waals surface area contributed by atoms with Gasteiger partial charge >= 0.3 is 0 Å². The van der Waals surface area contributed by atoms with Crippen molar-refractivity contribution in [2.24, 2.45) is 11.7 Å². The highest BCUT2D eigenvalue weighted by atomic mass is 16.1. The molecule has 0 aromatic rings. The summed E-state index contributed by atoms with van der Waals surface area (Å²) in [6, 6.07) is 0. The average molecular weight is 229 g/mol. The molecule has 96 valence electrons. The molecule has 16 heavy (non-hydrogen) atoms. The topological polar surface area (TPSA) is 58.4 Å². The van der Waals surface area contributed by atoms with E-state index in [1.54, 1.807) is 0 Å². The van der Waals surface area contributed by atoms with Crippen molar-refractivity contribution in [1.29, 1.82) is 0 Å². The van der Waals surface area contributed by atoms with Crippen molar-refractivity contribution in [2.45, 2.75) is 32.6 Å². The Morgan fingerprint density at radius 1 is 1.38 bits per heavy atom. The van der Waals surface area contributed by atoms with Gasteiger partial charge in [0.05, 0.1) is 0 Å². The highest BCUT2D eigenvalue weighted by Crippen LogP contribution is 2.07. The Balaban J connectivity index is 3.29. The molecule has 3 N–H and O–H groups in total. The van der Waals surface area contributed by atoms with Crippen LogP contribution >= 0.6 is 0 Å². The minimum absolute atomic E-state index is 0.0730. The largest absolute Gasteiger partial charge is 0.356 e. The van der Waals surface area contributed by atoms with E-state index in [-0.39, 0.29) is 5.91 Å². The lowest BCUT2D eigenvalue weighted by Gasteiger charge is -2.16. The molecule has 1 atom stereocenters. The van der Waals surface area contributed by atoms with Gasteiger partial charge in [-0.15, -0.1) is 0 Å². The SMILES string of the molecule is CC(CCCCNC(=O)CCN)CN(C)C. The monoisotopic (exact) mass is 229 g/mol. The fourth-order valence-corrected chi connectivity index (χ4v) is 1.78. The molecule has 0 saturated heterocycles. The molecule has 1 unspecified atom stereocenters. The van der Waals surface area contributed by atoms with Gasteiger partial charge in [-0.1, -0.05) is 13.3 Å². The van der Waals surface area contributed by atoms with E-state index < -0.39 is 0 Å². The van der Waals surface area contributed by atoms with Gasteiger partial charge in [-0.2, -0.15) is 0 Å². The number of carbonyl (C=O) groups is 1. The second kappa shape index (κ2) is 9.60. The lowest BCUT2D eigenvalue weighted by Crippen LogP contribution is -2.26. The summed E-state index contributed by atoms with van der Waals surface area (Å²) in [6.07, 6.45) is 3.91. The Kier molecular flexibility index (Phi) is 9.24. The van der Waals surface area contributed by atoms with Gasteiger partial charge in [-0.3, -0.25) is 4.79 Å². The van der Waals surface area contributed by atoms with Crippen molar-refractivity contribution in [3.8, 4) is 0 Å². The summed E-state index contributed by atoms with van der Waals surface area (Å²) in [6.45, 7) is 4.63. The predicted octanol–water partition coefficient (Wildman–Crippen LogP) is 0.819. The number of nitrogens with two attached hydrogens (primary N) is 1. The molecule has 0 rings (SSSR count). The Morgan fingerprint density at radius 2 is 2.06 bits per heavy atom. The quantitative estimate of drug-likeness (QED) is 0.576. The van der Waals surface area contributed by atoms with E-state index in [2.05, 4.69) is 31.2 Å². The second-order valence-electron chi connectivity index (χ2n) is 4.75. The fraction of sp³-hybridized carbons (Fsp3) is 0.917. The van der Waals surface area contributed by atoms with E-state index in [0.29, 0.717) is 13.0 Å². The molecule has 0 aliphatic heterocycles. The number of hydrogen-bond acceptors (Lipinski definition) is 3. The molecule has 0 aliphatic carbocycles. The van der Waals surface area contributed by atoms with E-state index in [1.165, 1.54) is 12.8 Å². The molecular formula is C12H27N3O. The summed E-state index contributed by atoms with van der Waals surface area (Å²) in [5, 5.41) is 2.87. The van der Waals surface area contributed by atoms with Crippen LogP contribution in [0.3, 0.4) is 0 Å². The van der Waals surface area contributed by atoms with Crippen molar-refractivity contribution < 1.29 is 4.79 Å². The Labute approximate surface area is 99.6 Å². The molecule has 0 bridgehead atoms. The van der Waals surface area contributed by atoms with Crippen molar-refractivity contribution in [3.63, 3.8) is 0 Å². The van der Waals surface area contributed by atoms with Crippen LogP contribution in [-0.4, -0.2) is 44.5 Å². The third-order valence-electron chi connectivity index (χ3n) is 2.49. The van der Waals surface area contributed by atoms with Crippen LogP contribution in [-0.2, 0) is 4.79 Å². The molecule has 0 heterocycles. The van der Waals surface area contributed by atoms with Gasteiger partial charge in [0.25, 0.3) is 0 Å². The summed E-state index contributed by atoms with van der Waals surface area (Å²) in [4.78, 5) is 13.3. The maximum Gasteiger partial charge on any atom is 0.221 e. The van der Waals surface area contributed by atoms with E-state index in [9.17, 15) is 4.79 Å². The van der Waals surface area contributed by atoms with Gasteiger partial charge in [0, 0.05) is 26.1 Å². The normalized spacial score (nSPS) is 12.8. The number of rotatable bonds is 9. The molecule has 1 amide bonds. The predicted molar refractivity (Wildman–Crippen MR) is 68.3 cm³/mol. The number of unbranched alkanes of at least 4 members (excludes halogenated alkanes) is 1. The van der Waals surface area contributed by atoms with Crippen LogP contribution in [0.5, 0.6) is 0 Å². The van der Waals surface area contributed by atoms with Gasteiger partial charge in [0.15, 0.2) is 0 Å². The lowest BCUT2D eigenvalue weighted by molar-refractivity contribution is -0.120. The first-order chi connectivity index (χ1) is 7.56. The molecular weight excluding hydrogens is 202 g/mol. The molecule has 4 heteroatoms. The van der Waals surface area contributed by atoms with Gasteiger partial charge in [0.2, 0.25) is 5.91 Å². The first-order valence-electron chi connectivity index (χ1n) is 6.17. The van der Waals surface area contributed by atoms with Crippen LogP contribution < -0.4 is 11.1 Å². The van der Waals surface area contributed by atoms with Crippen LogP contribution in [0.15, 0.2) is 0 Å². The van der Waals surface area contributed by atoms with Crippen LogP contribution in [0.1, 0.15) is 32.6 Å². The highest BCUT2D eigenvalue weighted by molar-refractivity contribution is 5.75. The van der Waals surface area contributed by atoms with Crippen molar-refractivity contribution in [2.75, 3.05) is 33.7 Å². The first kappa shape index (κ1) is 15.4. The number of nitrogens with one attached hydrogen (secondary N) is 1. The van der Waals surface area contributed by atoms with Crippen molar-refractivity contribution in [1.82, 2.24) is 10.2 Å². The summed E-state index contributed by atoms with van der Waals surface area (Å²) in [7, 11) is 4.20. The molecule has 0 fully saturated rings. The molecule has 0 saturated carbocycles. The Hall–Kier alpha value is -0.610. The minimum atomic E-state index is 0.0730. The number of carbonyl (C=O) groups excluding carboxylic acids is 1. The number of hydrogen-bond donors (Lipinski definition) is 2. The number of nitrogens with zero attached hydrogens (tertiary/aromatic N) is 1. The third kappa shape index (κ3) is 9.93. The van der Waals surface area contributed by atoms with Gasteiger partial charge in [0.1, 0.15) is 0 Å². The molecule has 4 nitrogen and oxygen atoms in total. The van der Waals surface area contributed by atoms with E-state index in [0.717, 1.165) is 25.4 Å². The maximum absolute atomic E-state index is 11.1. The van der Waals surface area contributed by atoms with E-state index in [4.69, 9.17) is 5.73 Å². The average Bonchev–Trinajstić information content (AvgIpc) is 2.16. The summed E-state index contributed by atoms with van der Waals surface area (Å²) in [5.41, 5.74) is 5.28. The third-order valence-corrected chi connectivity index (χ3v) is 2.49. The molecule has 0 spiro atoms. The van der Waals surface area contributed by atoms with Gasteiger partial charge in [-0.05, 0) is 32.9 Å². The molecule has 0 aromatic carbocycles. The Bertz CT molecular complexity index is 183. The lowest BCUT2D eigenvalue weighted by atomic mass is 10.0. The fourth-order valence-electron chi connectivity index (χ4n) is 1.78.